The Bertz CT molecular complexity index is 915. The normalized spacial score (nSPS) is 18.0. The van der Waals surface area contributed by atoms with Crippen molar-refractivity contribution in [3.05, 3.63) is 63.7 Å². The maximum Gasteiger partial charge on any atom is 0.278 e. The molecule has 2 aromatic rings. The third kappa shape index (κ3) is 3.37. The first-order valence-corrected chi connectivity index (χ1v) is 9.65. The minimum Gasteiger partial charge on any atom is -0.467 e. The zero-order valence-corrected chi connectivity index (χ0v) is 16.1. The van der Waals surface area contributed by atoms with Crippen LogP contribution in [0, 0.1) is 0 Å². The maximum atomic E-state index is 13.2. The minimum absolute atomic E-state index is 0.0940. The Morgan fingerprint density at radius 3 is 2.44 bits per heavy atom. The summed E-state index contributed by atoms with van der Waals surface area (Å²) < 4.78 is 5.33. The molecule has 1 fully saturated rings. The van der Waals surface area contributed by atoms with E-state index in [-0.39, 0.29) is 18.4 Å². The molecule has 140 valence electrons. The monoisotopic (exact) mass is 404 g/mol. The largest absolute Gasteiger partial charge is 0.467 e. The summed E-state index contributed by atoms with van der Waals surface area (Å²) in [6, 6.07) is 8.44. The first-order valence-electron chi connectivity index (χ1n) is 8.89. The summed E-state index contributed by atoms with van der Waals surface area (Å²) >= 11 is 12.4. The van der Waals surface area contributed by atoms with Gasteiger partial charge in [-0.1, -0.05) is 29.3 Å². The van der Waals surface area contributed by atoms with Gasteiger partial charge in [0.25, 0.3) is 11.8 Å². The van der Waals surface area contributed by atoms with Gasteiger partial charge < -0.3 is 9.32 Å². The van der Waals surface area contributed by atoms with Gasteiger partial charge in [0, 0.05) is 23.7 Å². The summed E-state index contributed by atoms with van der Waals surface area (Å²) in [6.07, 6.45) is 4.63. The van der Waals surface area contributed by atoms with E-state index < -0.39 is 0 Å². The van der Waals surface area contributed by atoms with Crippen LogP contribution in [0.4, 0.5) is 0 Å². The molecule has 0 N–H and O–H groups in total. The van der Waals surface area contributed by atoms with Crippen LogP contribution in [0.1, 0.15) is 30.6 Å². The molecule has 1 aromatic carbocycles. The van der Waals surface area contributed by atoms with E-state index in [4.69, 9.17) is 27.6 Å². The molecule has 0 radical (unpaired) electrons. The van der Waals surface area contributed by atoms with Crippen LogP contribution in [0.5, 0.6) is 0 Å². The molecular formula is C20H18Cl2N2O3. The summed E-state index contributed by atoms with van der Waals surface area (Å²) in [5, 5.41) is 0.834. The number of carbonyl (C=O) groups is 2. The highest BCUT2D eigenvalue weighted by atomic mass is 35.5. The second kappa shape index (κ2) is 7.41. The molecule has 0 unspecified atom stereocenters. The van der Waals surface area contributed by atoms with Crippen molar-refractivity contribution in [3.63, 3.8) is 0 Å². The van der Waals surface area contributed by atoms with E-state index in [1.54, 1.807) is 30.3 Å². The molecule has 0 saturated carbocycles. The van der Waals surface area contributed by atoms with Crippen molar-refractivity contribution in [1.82, 2.24) is 9.80 Å². The van der Waals surface area contributed by atoms with Crippen LogP contribution in [-0.4, -0.2) is 34.7 Å². The molecule has 0 aliphatic carbocycles. The molecule has 2 aliphatic rings. The highest BCUT2D eigenvalue weighted by molar-refractivity contribution is 6.41. The van der Waals surface area contributed by atoms with Gasteiger partial charge >= 0.3 is 0 Å². The summed E-state index contributed by atoms with van der Waals surface area (Å²) in [5.41, 5.74) is 1.30. The molecule has 0 spiro atoms. The second-order valence-electron chi connectivity index (χ2n) is 6.67. The third-order valence-corrected chi connectivity index (χ3v) is 5.46. The minimum atomic E-state index is -0.360. The fourth-order valence-corrected chi connectivity index (χ4v) is 4.11. The number of nitrogens with zero attached hydrogens (tertiary/aromatic N) is 2. The van der Waals surface area contributed by atoms with Crippen LogP contribution in [0.15, 0.2) is 46.7 Å². The maximum absolute atomic E-state index is 13.2. The molecular weight excluding hydrogens is 387 g/mol. The van der Waals surface area contributed by atoms with Gasteiger partial charge in [0.15, 0.2) is 0 Å². The van der Waals surface area contributed by atoms with Gasteiger partial charge in [-0.05, 0) is 43.5 Å². The molecule has 2 aliphatic heterocycles. The molecule has 5 nitrogen and oxygen atoms in total. The molecule has 7 heteroatoms. The Morgan fingerprint density at radius 2 is 1.78 bits per heavy atom. The van der Waals surface area contributed by atoms with Crippen LogP contribution in [0.2, 0.25) is 10.0 Å². The highest BCUT2D eigenvalue weighted by Crippen LogP contribution is 2.37. The average molecular weight is 405 g/mol. The standard InChI is InChI=1S/C20H18Cl2N2O3/c21-13-6-7-15(16(22)11-13)17-18(23-8-2-1-3-9-23)20(26)24(19(17)25)12-14-5-4-10-27-14/h4-7,10-11H,1-3,8-9,12H2. The zero-order chi connectivity index (χ0) is 19.0. The van der Waals surface area contributed by atoms with Crippen molar-refractivity contribution in [1.29, 1.82) is 0 Å². The number of hydrogen-bond donors (Lipinski definition) is 0. The van der Waals surface area contributed by atoms with Crippen molar-refractivity contribution in [2.75, 3.05) is 13.1 Å². The van der Waals surface area contributed by atoms with Gasteiger partial charge in [0.05, 0.1) is 23.4 Å². The fraction of sp³-hybridized carbons (Fsp3) is 0.300. The molecule has 27 heavy (non-hydrogen) atoms. The van der Waals surface area contributed by atoms with E-state index in [0.29, 0.717) is 32.6 Å². The van der Waals surface area contributed by atoms with Crippen LogP contribution >= 0.6 is 23.2 Å². The van der Waals surface area contributed by atoms with Crippen molar-refractivity contribution >= 4 is 40.6 Å². The van der Waals surface area contributed by atoms with Crippen molar-refractivity contribution in [2.24, 2.45) is 0 Å². The van der Waals surface area contributed by atoms with Crippen molar-refractivity contribution in [3.8, 4) is 0 Å². The Morgan fingerprint density at radius 1 is 1.00 bits per heavy atom. The molecule has 1 aromatic heterocycles. The topological polar surface area (TPSA) is 53.8 Å². The van der Waals surface area contributed by atoms with Gasteiger partial charge in [-0.15, -0.1) is 0 Å². The Hall–Kier alpha value is -2.24. The van der Waals surface area contributed by atoms with E-state index in [9.17, 15) is 9.59 Å². The van der Waals surface area contributed by atoms with E-state index in [0.717, 1.165) is 32.4 Å². The lowest BCUT2D eigenvalue weighted by Crippen LogP contribution is -2.36. The number of furan rings is 1. The van der Waals surface area contributed by atoms with Crippen molar-refractivity contribution in [2.45, 2.75) is 25.8 Å². The first-order chi connectivity index (χ1) is 13.1. The highest BCUT2D eigenvalue weighted by Gasteiger charge is 2.42. The number of piperidine rings is 1. The Labute approximate surface area is 167 Å². The first kappa shape index (κ1) is 18.1. The van der Waals surface area contributed by atoms with Gasteiger partial charge in [-0.3, -0.25) is 14.5 Å². The van der Waals surface area contributed by atoms with Crippen LogP contribution in [0.3, 0.4) is 0 Å². The lowest BCUT2D eigenvalue weighted by Gasteiger charge is -2.29. The lowest BCUT2D eigenvalue weighted by molar-refractivity contribution is -0.138. The van der Waals surface area contributed by atoms with E-state index >= 15 is 0 Å². The van der Waals surface area contributed by atoms with Crippen LogP contribution in [0.25, 0.3) is 5.57 Å². The SMILES string of the molecule is O=C1C(c2ccc(Cl)cc2Cl)=C(N2CCCCC2)C(=O)N1Cc1ccco1. The smallest absolute Gasteiger partial charge is 0.278 e. The summed E-state index contributed by atoms with van der Waals surface area (Å²) in [6.45, 7) is 1.59. The van der Waals surface area contributed by atoms with Crippen LogP contribution in [-0.2, 0) is 16.1 Å². The summed E-state index contributed by atoms with van der Waals surface area (Å²) in [4.78, 5) is 29.6. The number of halogens is 2. The molecule has 0 atom stereocenters. The second-order valence-corrected chi connectivity index (χ2v) is 7.51. The average Bonchev–Trinajstić information content (AvgIpc) is 3.25. The van der Waals surface area contributed by atoms with Gasteiger partial charge in [-0.2, -0.15) is 0 Å². The third-order valence-electron chi connectivity index (χ3n) is 4.91. The molecule has 3 heterocycles. The quantitative estimate of drug-likeness (QED) is 0.710. The predicted octanol–water partition coefficient (Wildman–Crippen LogP) is 4.35. The number of amides is 2. The number of hydrogen-bond acceptors (Lipinski definition) is 4. The zero-order valence-electron chi connectivity index (χ0n) is 14.6. The van der Waals surface area contributed by atoms with E-state index in [1.807, 2.05) is 4.90 Å². The van der Waals surface area contributed by atoms with Crippen molar-refractivity contribution < 1.29 is 14.0 Å². The summed E-state index contributed by atoms with van der Waals surface area (Å²) in [7, 11) is 0. The number of imide groups is 1. The van der Waals surface area contributed by atoms with E-state index in [2.05, 4.69) is 0 Å². The number of benzene rings is 1. The van der Waals surface area contributed by atoms with E-state index in [1.165, 1.54) is 11.2 Å². The van der Waals surface area contributed by atoms with Gasteiger partial charge in [0.2, 0.25) is 0 Å². The molecule has 4 rings (SSSR count). The number of carbonyl (C=O) groups excluding carboxylic acids is 2. The summed E-state index contributed by atoms with van der Waals surface area (Å²) in [5.74, 6) is -0.112. The Kier molecular flexibility index (Phi) is 4.98. The molecule has 1 saturated heterocycles. The number of likely N-dealkylation sites (tertiary alicyclic amines) is 1. The predicted molar refractivity (Wildman–Crippen MR) is 103 cm³/mol. The number of rotatable bonds is 4. The lowest BCUT2D eigenvalue weighted by atomic mass is 10.0. The Balaban J connectivity index is 1.79. The van der Waals surface area contributed by atoms with Gasteiger partial charge in [-0.25, -0.2) is 0 Å². The molecule has 0 bridgehead atoms. The van der Waals surface area contributed by atoms with Gasteiger partial charge in [0.1, 0.15) is 11.5 Å². The van der Waals surface area contributed by atoms with Crippen LogP contribution < -0.4 is 0 Å². The fourth-order valence-electron chi connectivity index (χ4n) is 3.61. The molecule has 2 amide bonds.